The Morgan fingerprint density at radius 1 is 1.45 bits per heavy atom. The number of carbonyl (C=O) groups excluding carboxylic acids is 1. The van der Waals surface area contributed by atoms with Gasteiger partial charge in [-0.15, -0.1) is 0 Å². The summed E-state index contributed by atoms with van der Waals surface area (Å²) in [7, 11) is 0. The summed E-state index contributed by atoms with van der Waals surface area (Å²) >= 11 is 0. The molecule has 1 amide bonds. The zero-order valence-corrected chi connectivity index (χ0v) is 12.1. The normalized spacial score (nSPS) is 18.8. The standard InChI is InChI=1S/C15H23N3O2/c1-11-3-4-13(12(16)9-11)17-14(19)10-18-7-5-15(2,20)6-8-18/h3-4,9,20H,5-8,10,16H2,1-2H3,(H,17,19). The average Bonchev–Trinajstić information content (AvgIpc) is 2.35. The topological polar surface area (TPSA) is 78.6 Å². The fourth-order valence-electron chi connectivity index (χ4n) is 2.38. The summed E-state index contributed by atoms with van der Waals surface area (Å²) < 4.78 is 0. The van der Waals surface area contributed by atoms with Crippen LogP contribution in [0.2, 0.25) is 0 Å². The Balaban J connectivity index is 1.87. The number of nitrogens with one attached hydrogen (secondary N) is 1. The van der Waals surface area contributed by atoms with Gasteiger partial charge in [0.05, 0.1) is 23.5 Å². The van der Waals surface area contributed by atoms with Gasteiger partial charge in [0, 0.05) is 13.1 Å². The lowest BCUT2D eigenvalue weighted by molar-refractivity contribution is -0.118. The molecule has 0 atom stereocenters. The van der Waals surface area contributed by atoms with Gasteiger partial charge in [0.2, 0.25) is 5.91 Å². The smallest absolute Gasteiger partial charge is 0.238 e. The van der Waals surface area contributed by atoms with Crippen molar-refractivity contribution in [2.45, 2.75) is 32.3 Å². The zero-order valence-electron chi connectivity index (χ0n) is 12.1. The van der Waals surface area contributed by atoms with Gasteiger partial charge in [0.15, 0.2) is 0 Å². The Labute approximate surface area is 119 Å². The molecule has 0 saturated carbocycles. The molecule has 4 N–H and O–H groups in total. The minimum absolute atomic E-state index is 0.0675. The number of rotatable bonds is 3. The number of benzene rings is 1. The monoisotopic (exact) mass is 277 g/mol. The van der Waals surface area contributed by atoms with Crippen molar-refractivity contribution in [1.82, 2.24) is 4.90 Å². The van der Waals surface area contributed by atoms with E-state index in [0.29, 0.717) is 30.8 Å². The molecule has 5 heteroatoms. The molecule has 5 nitrogen and oxygen atoms in total. The second-order valence-corrected chi connectivity index (χ2v) is 5.91. The van der Waals surface area contributed by atoms with Gasteiger partial charge in [0.25, 0.3) is 0 Å². The molecule has 0 spiro atoms. The van der Waals surface area contributed by atoms with Gasteiger partial charge in [-0.1, -0.05) is 6.07 Å². The number of nitrogens with zero attached hydrogens (tertiary/aromatic N) is 1. The molecule has 1 fully saturated rings. The van der Waals surface area contributed by atoms with Crippen molar-refractivity contribution in [1.29, 1.82) is 0 Å². The summed E-state index contributed by atoms with van der Waals surface area (Å²) in [6, 6.07) is 5.58. The van der Waals surface area contributed by atoms with E-state index in [1.54, 1.807) is 0 Å². The number of amides is 1. The molecule has 1 aromatic carbocycles. The second kappa shape index (κ2) is 5.81. The van der Waals surface area contributed by atoms with Gasteiger partial charge in [-0.25, -0.2) is 0 Å². The van der Waals surface area contributed by atoms with E-state index in [2.05, 4.69) is 10.2 Å². The molecule has 1 aromatic rings. The lowest BCUT2D eigenvalue weighted by Crippen LogP contribution is -2.45. The number of nitrogen functional groups attached to an aromatic ring is 1. The predicted molar refractivity (Wildman–Crippen MR) is 80.5 cm³/mol. The molecule has 0 aliphatic carbocycles. The second-order valence-electron chi connectivity index (χ2n) is 5.91. The first-order valence-corrected chi connectivity index (χ1v) is 6.96. The molecule has 110 valence electrons. The number of aliphatic hydroxyl groups is 1. The first-order chi connectivity index (χ1) is 9.35. The molecular formula is C15H23N3O2. The van der Waals surface area contributed by atoms with Crippen molar-refractivity contribution >= 4 is 17.3 Å². The highest BCUT2D eigenvalue weighted by Gasteiger charge is 2.28. The highest BCUT2D eigenvalue weighted by atomic mass is 16.3. The van der Waals surface area contributed by atoms with Crippen LogP contribution in [0.15, 0.2) is 18.2 Å². The third kappa shape index (κ3) is 3.95. The van der Waals surface area contributed by atoms with E-state index in [1.807, 2.05) is 32.0 Å². The van der Waals surface area contributed by atoms with Crippen molar-refractivity contribution in [2.24, 2.45) is 0 Å². The quantitative estimate of drug-likeness (QED) is 0.729. The van der Waals surface area contributed by atoms with Crippen LogP contribution in [0.1, 0.15) is 25.3 Å². The fourth-order valence-corrected chi connectivity index (χ4v) is 2.38. The minimum Gasteiger partial charge on any atom is -0.397 e. The third-order valence-electron chi connectivity index (χ3n) is 3.78. The van der Waals surface area contributed by atoms with Crippen molar-refractivity contribution < 1.29 is 9.90 Å². The lowest BCUT2D eigenvalue weighted by Gasteiger charge is -2.35. The first kappa shape index (κ1) is 14.8. The maximum atomic E-state index is 12.0. The van der Waals surface area contributed by atoms with Gasteiger partial charge in [-0.3, -0.25) is 9.69 Å². The van der Waals surface area contributed by atoms with Crippen LogP contribution in [-0.2, 0) is 4.79 Å². The average molecular weight is 277 g/mol. The molecule has 0 radical (unpaired) electrons. The minimum atomic E-state index is -0.589. The summed E-state index contributed by atoms with van der Waals surface area (Å²) in [5, 5.41) is 12.7. The van der Waals surface area contributed by atoms with Gasteiger partial charge in [-0.2, -0.15) is 0 Å². The molecule has 0 bridgehead atoms. The molecule has 1 aliphatic heterocycles. The summed E-state index contributed by atoms with van der Waals surface area (Å²) in [4.78, 5) is 14.1. The number of anilines is 2. The molecule has 0 aromatic heterocycles. The number of piperidine rings is 1. The van der Waals surface area contributed by atoms with Crippen LogP contribution in [0.25, 0.3) is 0 Å². The van der Waals surface area contributed by atoms with Gasteiger partial charge >= 0.3 is 0 Å². The lowest BCUT2D eigenvalue weighted by atomic mass is 9.94. The van der Waals surface area contributed by atoms with E-state index < -0.39 is 5.60 Å². The number of hydrogen-bond acceptors (Lipinski definition) is 4. The van der Waals surface area contributed by atoms with Crippen LogP contribution in [0.4, 0.5) is 11.4 Å². The zero-order chi connectivity index (χ0) is 14.8. The van der Waals surface area contributed by atoms with Crippen LogP contribution in [0, 0.1) is 6.92 Å². The number of likely N-dealkylation sites (tertiary alicyclic amines) is 1. The summed E-state index contributed by atoms with van der Waals surface area (Å²) in [6.07, 6.45) is 1.40. The van der Waals surface area contributed by atoms with Crippen LogP contribution in [0.5, 0.6) is 0 Å². The van der Waals surface area contributed by atoms with E-state index in [4.69, 9.17) is 5.73 Å². The Morgan fingerprint density at radius 2 is 2.10 bits per heavy atom. The Bertz CT molecular complexity index is 490. The molecule has 20 heavy (non-hydrogen) atoms. The van der Waals surface area contributed by atoms with Crippen molar-refractivity contribution in [3.8, 4) is 0 Å². The number of carbonyl (C=O) groups is 1. The van der Waals surface area contributed by atoms with E-state index in [0.717, 1.165) is 18.7 Å². The highest BCUT2D eigenvalue weighted by Crippen LogP contribution is 2.22. The number of aryl methyl sites for hydroxylation is 1. The van der Waals surface area contributed by atoms with E-state index >= 15 is 0 Å². The van der Waals surface area contributed by atoms with Crippen LogP contribution < -0.4 is 11.1 Å². The van der Waals surface area contributed by atoms with Crippen LogP contribution in [0.3, 0.4) is 0 Å². The van der Waals surface area contributed by atoms with E-state index in [9.17, 15) is 9.90 Å². The van der Waals surface area contributed by atoms with Crippen molar-refractivity contribution in [3.63, 3.8) is 0 Å². The SMILES string of the molecule is Cc1ccc(NC(=O)CN2CCC(C)(O)CC2)c(N)c1. The predicted octanol–water partition coefficient (Wildman–Crippen LogP) is 1.36. The number of nitrogens with two attached hydrogens (primary N) is 1. The third-order valence-corrected chi connectivity index (χ3v) is 3.78. The van der Waals surface area contributed by atoms with Gasteiger partial charge < -0.3 is 16.2 Å². The maximum Gasteiger partial charge on any atom is 0.238 e. The molecule has 1 aliphatic rings. The Hall–Kier alpha value is -1.59. The van der Waals surface area contributed by atoms with Crippen molar-refractivity contribution in [2.75, 3.05) is 30.7 Å². The fraction of sp³-hybridized carbons (Fsp3) is 0.533. The first-order valence-electron chi connectivity index (χ1n) is 6.96. The largest absolute Gasteiger partial charge is 0.397 e. The summed E-state index contributed by atoms with van der Waals surface area (Å²) in [6.45, 7) is 5.62. The van der Waals surface area contributed by atoms with Crippen molar-refractivity contribution in [3.05, 3.63) is 23.8 Å². The molecule has 1 saturated heterocycles. The Morgan fingerprint density at radius 3 is 2.70 bits per heavy atom. The summed E-state index contributed by atoms with van der Waals surface area (Å²) in [5.74, 6) is -0.0675. The maximum absolute atomic E-state index is 12.0. The van der Waals surface area contributed by atoms with Crippen LogP contribution in [-0.4, -0.2) is 41.1 Å². The molecule has 2 rings (SSSR count). The summed E-state index contributed by atoms with van der Waals surface area (Å²) in [5.41, 5.74) is 7.60. The highest BCUT2D eigenvalue weighted by molar-refractivity contribution is 5.95. The number of hydrogen-bond donors (Lipinski definition) is 3. The molecule has 0 unspecified atom stereocenters. The van der Waals surface area contributed by atoms with Gasteiger partial charge in [-0.05, 0) is 44.4 Å². The Kier molecular flexibility index (Phi) is 4.30. The molecular weight excluding hydrogens is 254 g/mol. The van der Waals surface area contributed by atoms with Gasteiger partial charge in [0.1, 0.15) is 0 Å². The van der Waals surface area contributed by atoms with E-state index in [1.165, 1.54) is 0 Å². The molecule has 1 heterocycles. The van der Waals surface area contributed by atoms with E-state index in [-0.39, 0.29) is 5.91 Å². The van der Waals surface area contributed by atoms with Crippen LogP contribution >= 0.6 is 0 Å².